The first-order valence-corrected chi connectivity index (χ1v) is 5.88. The summed E-state index contributed by atoms with van der Waals surface area (Å²) in [5, 5.41) is 0. The van der Waals surface area contributed by atoms with E-state index in [2.05, 4.69) is 6.58 Å². The molecule has 1 fully saturated rings. The number of hydrogen-bond acceptors (Lipinski definition) is 2. The Morgan fingerprint density at radius 1 is 1.19 bits per heavy atom. The molecule has 5 heteroatoms. The predicted octanol–water partition coefficient (Wildman–Crippen LogP) is 0.862. The van der Waals surface area contributed by atoms with Crippen LogP contribution in [0.3, 0.4) is 0 Å². The lowest BCUT2D eigenvalue weighted by Gasteiger charge is -2.34. The van der Waals surface area contributed by atoms with Gasteiger partial charge < -0.3 is 9.80 Å². The molecule has 0 N–H and O–H groups in total. The second-order valence-corrected chi connectivity index (χ2v) is 4.27. The quantitative estimate of drug-likeness (QED) is 0.546. The lowest BCUT2D eigenvalue weighted by atomic mass is 10.2. The number of hydrogen-bond donors (Lipinski definition) is 0. The summed E-state index contributed by atoms with van der Waals surface area (Å²) in [6, 6.07) is 0. The highest BCUT2D eigenvalue weighted by atomic mass is 35.5. The number of amides is 2. The van der Waals surface area contributed by atoms with Gasteiger partial charge in [0.15, 0.2) is 0 Å². The average Bonchev–Trinajstić information content (AvgIpc) is 2.28. The Kier molecular flexibility index (Phi) is 4.80. The standard InChI is InChI=1S/C11H17ClN2O2/c1-9(2)11(16)14-7-5-13(6-8-14)10(15)3-4-12/h1,3-8H2,2H3. The first-order valence-electron chi connectivity index (χ1n) is 5.34. The Morgan fingerprint density at radius 2 is 1.69 bits per heavy atom. The first kappa shape index (κ1) is 13.0. The number of piperazine rings is 1. The third kappa shape index (κ3) is 3.23. The molecule has 0 aliphatic carbocycles. The molecule has 0 unspecified atom stereocenters. The van der Waals surface area contributed by atoms with Crippen molar-refractivity contribution in [2.45, 2.75) is 13.3 Å². The van der Waals surface area contributed by atoms with Gasteiger partial charge in [-0.25, -0.2) is 0 Å². The monoisotopic (exact) mass is 244 g/mol. The molecule has 0 spiro atoms. The molecule has 0 aromatic heterocycles. The van der Waals surface area contributed by atoms with Crippen molar-refractivity contribution < 1.29 is 9.59 Å². The molecule has 0 aromatic carbocycles. The summed E-state index contributed by atoms with van der Waals surface area (Å²) in [6.45, 7) is 7.68. The van der Waals surface area contributed by atoms with Gasteiger partial charge in [-0.05, 0) is 6.92 Å². The second kappa shape index (κ2) is 5.89. The lowest BCUT2D eigenvalue weighted by molar-refractivity contribution is -0.137. The molecule has 0 atom stereocenters. The fourth-order valence-electron chi connectivity index (χ4n) is 1.67. The molecule has 1 aliphatic heterocycles. The predicted molar refractivity (Wildman–Crippen MR) is 63.3 cm³/mol. The van der Waals surface area contributed by atoms with Crippen LogP contribution in [0, 0.1) is 0 Å². The summed E-state index contributed by atoms with van der Waals surface area (Å²) in [6.07, 6.45) is 0.371. The van der Waals surface area contributed by atoms with Gasteiger partial charge in [-0.2, -0.15) is 0 Å². The summed E-state index contributed by atoms with van der Waals surface area (Å²) in [5.74, 6) is 0.394. The molecule has 1 saturated heterocycles. The van der Waals surface area contributed by atoms with Gasteiger partial charge in [0, 0.05) is 44.1 Å². The van der Waals surface area contributed by atoms with Crippen molar-refractivity contribution in [3.8, 4) is 0 Å². The van der Waals surface area contributed by atoms with E-state index in [0.717, 1.165) is 0 Å². The van der Waals surface area contributed by atoms with Crippen molar-refractivity contribution in [1.29, 1.82) is 0 Å². The zero-order chi connectivity index (χ0) is 12.1. The van der Waals surface area contributed by atoms with Crippen LogP contribution in [0.25, 0.3) is 0 Å². The zero-order valence-electron chi connectivity index (χ0n) is 9.54. The van der Waals surface area contributed by atoms with Crippen LogP contribution in [0.15, 0.2) is 12.2 Å². The van der Waals surface area contributed by atoms with Crippen LogP contribution >= 0.6 is 11.6 Å². The molecule has 90 valence electrons. The van der Waals surface area contributed by atoms with Crippen LogP contribution in [0.4, 0.5) is 0 Å². The van der Waals surface area contributed by atoms with Crippen molar-refractivity contribution in [1.82, 2.24) is 9.80 Å². The van der Waals surface area contributed by atoms with Gasteiger partial charge in [0.05, 0.1) is 0 Å². The maximum absolute atomic E-state index is 11.6. The van der Waals surface area contributed by atoms with E-state index in [0.29, 0.717) is 44.1 Å². The number of alkyl halides is 1. The van der Waals surface area contributed by atoms with Crippen LogP contribution in [0.5, 0.6) is 0 Å². The van der Waals surface area contributed by atoms with E-state index in [1.54, 1.807) is 16.7 Å². The molecule has 0 bridgehead atoms. The van der Waals surface area contributed by atoms with Crippen LogP contribution in [0.2, 0.25) is 0 Å². The normalized spacial score (nSPS) is 16.1. The molecule has 1 rings (SSSR count). The van der Waals surface area contributed by atoms with E-state index in [-0.39, 0.29) is 11.8 Å². The van der Waals surface area contributed by atoms with E-state index in [1.165, 1.54) is 0 Å². The molecular weight excluding hydrogens is 228 g/mol. The third-order valence-corrected chi connectivity index (χ3v) is 2.78. The lowest BCUT2D eigenvalue weighted by Crippen LogP contribution is -2.50. The van der Waals surface area contributed by atoms with Crippen molar-refractivity contribution in [3.63, 3.8) is 0 Å². The fraction of sp³-hybridized carbons (Fsp3) is 0.636. The average molecular weight is 245 g/mol. The molecule has 0 radical (unpaired) electrons. The molecule has 4 nitrogen and oxygen atoms in total. The second-order valence-electron chi connectivity index (χ2n) is 3.89. The van der Waals surface area contributed by atoms with Crippen molar-refractivity contribution >= 4 is 23.4 Å². The molecule has 0 saturated carbocycles. The van der Waals surface area contributed by atoms with E-state index in [1.807, 2.05) is 0 Å². The van der Waals surface area contributed by atoms with Gasteiger partial charge in [-0.1, -0.05) is 6.58 Å². The first-order chi connectivity index (χ1) is 7.56. The summed E-state index contributed by atoms with van der Waals surface area (Å²) < 4.78 is 0. The Morgan fingerprint density at radius 3 is 2.12 bits per heavy atom. The smallest absolute Gasteiger partial charge is 0.249 e. The Hall–Kier alpha value is -1.03. The fourth-order valence-corrected chi connectivity index (χ4v) is 1.83. The minimum Gasteiger partial charge on any atom is -0.339 e. The van der Waals surface area contributed by atoms with Crippen molar-refractivity contribution in [3.05, 3.63) is 12.2 Å². The summed E-state index contributed by atoms with van der Waals surface area (Å²) in [5.41, 5.74) is 0.542. The molecular formula is C11H17ClN2O2. The number of halogens is 1. The minimum atomic E-state index is -0.0237. The summed E-state index contributed by atoms with van der Waals surface area (Å²) in [7, 11) is 0. The van der Waals surface area contributed by atoms with Gasteiger partial charge in [0.25, 0.3) is 0 Å². The van der Waals surface area contributed by atoms with E-state index in [4.69, 9.17) is 11.6 Å². The highest BCUT2D eigenvalue weighted by Gasteiger charge is 2.23. The Labute approximate surface area is 101 Å². The highest BCUT2D eigenvalue weighted by Crippen LogP contribution is 2.07. The van der Waals surface area contributed by atoms with Crippen molar-refractivity contribution in [2.75, 3.05) is 32.1 Å². The van der Waals surface area contributed by atoms with Gasteiger partial charge in [-0.3, -0.25) is 9.59 Å². The van der Waals surface area contributed by atoms with Gasteiger partial charge in [0.2, 0.25) is 11.8 Å². The zero-order valence-corrected chi connectivity index (χ0v) is 10.3. The van der Waals surface area contributed by atoms with Crippen LogP contribution in [0.1, 0.15) is 13.3 Å². The maximum atomic E-state index is 11.6. The topological polar surface area (TPSA) is 40.6 Å². The maximum Gasteiger partial charge on any atom is 0.249 e. The van der Waals surface area contributed by atoms with Crippen LogP contribution < -0.4 is 0 Å². The van der Waals surface area contributed by atoms with E-state index < -0.39 is 0 Å². The molecule has 1 aliphatic rings. The number of carbonyl (C=O) groups is 2. The molecule has 16 heavy (non-hydrogen) atoms. The van der Waals surface area contributed by atoms with Crippen LogP contribution in [-0.4, -0.2) is 53.7 Å². The molecule has 1 heterocycles. The van der Waals surface area contributed by atoms with E-state index >= 15 is 0 Å². The number of rotatable bonds is 3. The van der Waals surface area contributed by atoms with E-state index in [9.17, 15) is 9.59 Å². The summed E-state index contributed by atoms with van der Waals surface area (Å²) in [4.78, 5) is 26.6. The number of carbonyl (C=O) groups excluding carboxylic acids is 2. The third-order valence-electron chi connectivity index (χ3n) is 2.59. The SMILES string of the molecule is C=C(C)C(=O)N1CCN(C(=O)CCCl)CC1. The molecule has 0 aromatic rings. The molecule has 2 amide bonds. The Balaban J connectivity index is 2.42. The summed E-state index contributed by atoms with van der Waals surface area (Å²) >= 11 is 5.51. The largest absolute Gasteiger partial charge is 0.339 e. The highest BCUT2D eigenvalue weighted by molar-refractivity contribution is 6.18. The number of nitrogens with zero attached hydrogens (tertiary/aromatic N) is 2. The van der Waals surface area contributed by atoms with Gasteiger partial charge in [-0.15, -0.1) is 11.6 Å². The Bertz CT molecular complexity index is 296. The van der Waals surface area contributed by atoms with Crippen molar-refractivity contribution in [2.24, 2.45) is 0 Å². The van der Waals surface area contributed by atoms with Gasteiger partial charge >= 0.3 is 0 Å². The van der Waals surface area contributed by atoms with Gasteiger partial charge in [0.1, 0.15) is 0 Å². The minimum absolute atomic E-state index is 0.0237. The van der Waals surface area contributed by atoms with Crippen LogP contribution in [-0.2, 0) is 9.59 Å².